The molecule has 0 atom stereocenters. The molecule has 0 aliphatic heterocycles. The average molecular weight is 242 g/mol. The number of rotatable bonds is 5. The number of hydrogen-bond donors (Lipinski definition) is 0. The molecular formula is C11H14O4S. The summed E-state index contributed by atoms with van der Waals surface area (Å²) in [5.41, 5.74) is 0.458. The molecule has 0 spiro atoms. The van der Waals surface area contributed by atoms with E-state index in [2.05, 4.69) is 0 Å². The van der Waals surface area contributed by atoms with Crippen molar-refractivity contribution in [3.8, 4) is 0 Å². The Morgan fingerprint density at radius 2 is 1.94 bits per heavy atom. The molecule has 1 heterocycles. The monoisotopic (exact) mass is 242 g/mol. The Labute approximate surface area is 98.2 Å². The van der Waals surface area contributed by atoms with Crippen molar-refractivity contribution in [1.29, 1.82) is 0 Å². The van der Waals surface area contributed by atoms with E-state index in [0.717, 1.165) is 0 Å². The molecule has 0 aromatic carbocycles. The summed E-state index contributed by atoms with van der Waals surface area (Å²) in [5, 5.41) is 1.76. The van der Waals surface area contributed by atoms with E-state index in [1.165, 1.54) is 11.3 Å². The van der Waals surface area contributed by atoms with E-state index in [9.17, 15) is 9.59 Å². The van der Waals surface area contributed by atoms with Crippen LogP contribution in [0.25, 0.3) is 0 Å². The molecule has 0 bridgehead atoms. The lowest BCUT2D eigenvalue weighted by Gasteiger charge is -2.03. The highest BCUT2D eigenvalue weighted by molar-refractivity contribution is 7.10. The Hall–Kier alpha value is -1.36. The van der Waals surface area contributed by atoms with Crippen molar-refractivity contribution in [2.24, 2.45) is 0 Å². The standard InChI is InChI=1S/C11H14O4S/c1-3-14-10(12)7-9-8(5-6-16-9)11(13)15-4-2/h5-6H,3-4,7H2,1-2H3. The fourth-order valence-electron chi connectivity index (χ4n) is 1.21. The van der Waals surface area contributed by atoms with Gasteiger partial charge in [-0.3, -0.25) is 4.79 Å². The van der Waals surface area contributed by atoms with Crippen LogP contribution in [0.5, 0.6) is 0 Å². The van der Waals surface area contributed by atoms with Crippen LogP contribution in [-0.2, 0) is 20.7 Å². The van der Waals surface area contributed by atoms with Crippen LogP contribution in [0, 0.1) is 0 Å². The van der Waals surface area contributed by atoms with Crippen molar-refractivity contribution in [2.45, 2.75) is 20.3 Å². The van der Waals surface area contributed by atoms with Gasteiger partial charge in [-0.25, -0.2) is 4.79 Å². The Kier molecular flexibility index (Phi) is 4.98. The van der Waals surface area contributed by atoms with Gasteiger partial charge >= 0.3 is 11.9 Å². The summed E-state index contributed by atoms with van der Waals surface area (Å²) in [6.07, 6.45) is 0.125. The molecule has 1 rings (SSSR count). The number of thiophene rings is 1. The fraction of sp³-hybridized carbons (Fsp3) is 0.455. The zero-order chi connectivity index (χ0) is 12.0. The molecule has 0 aliphatic carbocycles. The maximum absolute atomic E-state index is 11.5. The summed E-state index contributed by atoms with van der Waals surface area (Å²) in [7, 11) is 0. The Balaban J connectivity index is 2.70. The molecule has 0 amide bonds. The van der Waals surface area contributed by atoms with Gasteiger partial charge in [0.1, 0.15) is 0 Å². The molecule has 0 saturated carbocycles. The molecule has 0 radical (unpaired) electrons. The zero-order valence-corrected chi connectivity index (χ0v) is 10.1. The first-order valence-corrected chi connectivity index (χ1v) is 5.96. The summed E-state index contributed by atoms with van der Waals surface area (Å²) in [4.78, 5) is 23.5. The quantitative estimate of drug-likeness (QED) is 0.741. The minimum absolute atomic E-state index is 0.125. The summed E-state index contributed by atoms with van der Waals surface area (Å²) in [6.45, 7) is 4.17. The smallest absolute Gasteiger partial charge is 0.339 e. The molecule has 4 nitrogen and oxygen atoms in total. The average Bonchev–Trinajstić information content (AvgIpc) is 2.66. The van der Waals surface area contributed by atoms with Crippen molar-refractivity contribution in [1.82, 2.24) is 0 Å². The molecule has 0 saturated heterocycles. The van der Waals surface area contributed by atoms with Crippen LogP contribution in [-0.4, -0.2) is 25.2 Å². The minimum Gasteiger partial charge on any atom is -0.466 e. The normalized spacial score (nSPS) is 9.88. The third kappa shape index (κ3) is 3.34. The number of hydrogen-bond acceptors (Lipinski definition) is 5. The van der Waals surface area contributed by atoms with Gasteiger partial charge in [-0.1, -0.05) is 0 Å². The summed E-state index contributed by atoms with van der Waals surface area (Å²) >= 11 is 1.36. The molecular weight excluding hydrogens is 228 g/mol. The fourth-order valence-corrected chi connectivity index (χ4v) is 2.06. The number of carbonyl (C=O) groups excluding carboxylic acids is 2. The SMILES string of the molecule is CCOC(=O)Cc1sccc1C(=O)OCC. The lowest BCUT2D eigenvalue weighted by atomic mass is 10.2. The topological polar surface area (TPSA) is 52.6 Å². The second-order valence-corrected chi connectivity index (χ2v) is 3.96. The lowest BCUT2D eigenvalue weighted by molar-refractivity contribution is -0.142. The molecule has 1 aromatic rings. The van der Waals surface area contributed by atoms with Crippen LogP contribution in [0.3, 0.4) is 0 Å². The molecule has 0 N–H and O–H groups in total. The van der Waals surface area contributed by atoms with Crippen LogP contribution >= 0.6 is 11.3 Å². The Bertz CT molecular complexity index is 370. The van der Waals surface area contributed by atoms with Gasteiger partial charge in [-0.2, -0.15) is 0 Å². The predicted octanol–water partition coefficient (Wildman–Crippen LogP) is 2.03. The van der Waals surface area contributed by atoms with Gasteiger partial charge in [0.25, 0.3) is 0 Å². The molecule has 1 aromatic heterocycles. The van der Waals surface area contributed by atoms with Crippen LogP contribution in [0.4, 0.5) is 0 Å². The molecule has 5 heteroatoms. The largest absolute Gasteiger partial charge is 0.466 e. The van der Waals surface area contributed by atoms with Crippen molar-refractivity contribution < 1.29 is 19.1 Å². The van der Waals surface area contributed by atoms with Gasteiger partial charge in [-0.15, -0.1) is 11.3 Å². The minimum atomic E-state index is -0.386. The van der Waals surface area contributed by atoms with E-state index in [1.54, 1.807) is 25.3 Å². The van der Waals surface area contributed by atoms with E-state index >= 15 is 0 Å². The van der Waals surface area contributed by atoms with Gasteiger partial charge < -0.3 is 9.47 Å². The maximum atomic E-state index is 11.5. The van der Waals surface area contributed by atoms with E-state index in [0.29, 0.717) is 23.7 Å². The highest BCUT2D eigenvalue weighted by Crippen LogP contribution is 2.19. The number of carbonyl (C=O) groups is 2. The lowest BCUT2D eigenvalue weighted by Crippen LogP contribution is -2.11. The van der Waals surface area contributed by atoms with Gasteiger partial charge in [0, 0.05) is 4.88 Å². The van der Waals surface area contributed by atoms with Crippen LogP contribution in [0.2, 0.25) is 0 Å². The van der Waals surface area contributed by atoms with Crippen LogP contribution < -0.4 is 0 Å². The predicted molar refractivity (Wildman–Crippen MR) is 60.6 cm³/mol. The highest BCUT2D eigenvalue weighted by Gasteiger charge is 2.16. The number of esters is 2. The van der Waals surface area contributed by atoms with E-state index in [4.69, 9.17) is 9.47 Å². The van der Waals surface area contributed by atoms with Crippen molar-refractivity contribution in [3.05, 3.63) is 21.9 Å². The van der Waals surface area contributed by atoms with Crippen molar-refractivity contribution in [3.63, 3.8) is 0 Å². The molecule has 88 valence electrons. The first kappa shape index (κ1) is 12.7. The molecule has 0 unspecified atom stereocenters. The van der Waals surface area contributed by atoms with E-state index < -0.39 is 0 Å². The zero-order valence-electron chi connectivity index (χ0n) is 9.32. The van der Waals surface area contributed by atoms with Crippen molar-refractivity contribution in [2.75, 3.05) is 13.2 Å². The second kappa shape index (κ2) is 6.27. The first-order valence-electron chi connectivity index (χ1n) is 5.08. The summed E-state index contributed by atoms with van der Waals surface area (Å²) in [6, 6.07) is 1.66. The summed E-state index contributed by atoms with van der Waals surface area (Å²) < 4.78 is 9.71. The van der Waals surface area contributed by atoms with Gasteiger partial charge in [0.15, 0.2) is 0 Å². The molecule has 0 fully saturated rings. The highest BCUT2D eigenvalue weighted by atomic mass is 32.1. The Morgan fingerprint density at radius 3 is 2.56 bits per heavy atom. The molecule has 0 aliphatic rings. The van der Waals surface area contributed by atoms with Gasteiger partial charge in [0.2, 0.25) is 0 Å². The maximum Gasteiger partial charge on any atom is 0.339 e. The first-order chi connectivity index (χ1) is 7.69. The van der Waals surface area contributed by atoms with Crippen LogP contribution in [0.15, 0.2) is 11.4 Å². The van der Waals surface area contributed by atoms with Crippen LogP contribution in [0.1, 0.15) is 29.1 Å². The molecule has 16 heavy (non-hydrogen) atoms. The third-order valence-corrected chi connectivity index (χ3v) is 2.77. The van der Waals surface area contributed by atoms with E-state index in [-0.39, 0.29) is 18.4 Å². The Morgan fingerprint density at radius 1 is 1.25 bits per heavy atom. The van der Waals surface area contributed by atoms with E-state index in [1.807, 2.05) is 0 Å². The van der Waals surface area contributed by atoms with Gasteiger partial charge in [0.05, 0.1) is 25.2 Å². The van der Waals surface area contributed by atoms with Gasteiger partial charge in [-0.05, 0) is 25.3 Å². The number of ether oxygens (including phenoxy) is 2. The third-order valence-electron chi connectivity index (χ3n) is 1.85. The second-order valence-electron chi connectivity index (χ2n) is 2.96. The summed E-state index contributed by atoms with van der Waals surface area (Å²) in [5.74, 6) is -0.710. The van der Waals surface area contributed by atoms with Crippen molar-refractivity contribution >= 4 is 23.3 Å².